The highest BCUT2D eigenvalue weighted by Gasteiger charge is 2.13. The predicted octanol–water partition coefficient (Wildman–Crippen LogP) is -0.00190. The Labute approximate surface area is 101 Å². The fraction of sp³-hybridized carbons (Fsp3) is 0.909. The minimum absolute atomic E-state index is 0.323. The zero-order valence-electron chi connectivity index (χ0n) is 10.2. The molecule has 0 bridgehead atoms. The molecule has 0 radical (unpaired) electrons. The number of esters is 1. The van der Waals surface area contributed by atoms with Gasteiger partial charge in [0.05, 0.1) is 52.9 Å². The molecule has 0 spiro atoms. The van der Waals surface area contributed by atoms with E-state index in [-0.39, 0.29) is 12.1 Å². The van der Waals surface area contributed by atoms with Gasteiger partial charge < -0.3 is 23.7 Å². The zero-order valence-corrected chi connectivity index (χ0v) is 10.2. The van der Waals surface area contributed by atoms with E-state index in [1.165, 1.54) is 6.92 Å². The molecule has 0 saturated carbocycles. The average Bonchev–Trinajstić information content (AvgIpc) is 2.30. The van der Waals surface area contributed by atoms with Crippen LogP contribution in [0, 0.1) is 0 Å². The summed E-state index contributed by atoms with van der Waals surface area (Å²) in [6.07, 6.45) is -0.367. The summed E-state index contributed by atoms with van der Waals surface area (Å²) < 4.78 is 26.3. The van der Waals surface area contributed by atoms with E-state index in [4.69, 9.17) is 23.7 Å². The van der Waals surface area contributed by atoms with E-state index in [2.05, 4.69) is 0 Å². The molecule has 6 heteroatoms. The van der Waals surface area contributed by atoms with Crippen LogP contribution in [0.1, 0.15) is 6.92 Å². The average molecular weight is 248 g/mol. The van der Waals surface area contributed by atoms with E-state index in [1.807, 2.05) is 0 Å². The van der Waals surface area contributed by atoms with Gasteiger partial charge in [-0.15, -0.1) is 0 Å². The Kier molecular flexibility index (Phi) is 7.91. The molecule has 6 nitrogen and oxygen atoms in total. The summed E-state index contributed by atoms with van der Waals surface area (Å²) in [6.45, 7) is 5.08. The van der Waals surface area contributed by atoms with Crippen LogP contribution in [-0.2, 0) is 28.5 Å². The molecule has 1 heterocycles. The quantitative estimate of drug-likeness (QED) is 0.609. The van der Waals surface area contributed by atoms with Crippen LogP contribution in [0.4, 0.5) is 0 Å². The number of rotatable bonds is 1. The molecule has 0 aliphatic carbocycles. The van der Waals surface area contributed by atoms with Crippen LogP contribution in [0.15, 0.2) is 0 Å². The van der Waals surface area contributed by atoms with E-state index in [1.54, 1.807) is 0 Å². The maximum absolute atomic E-state index is 10.9. The monoisotopic (exact) mass is 248 g/mol. The van der Waals surface area contributed by atoms with Gasteiger partial charge in [0.1, 0.15) is 6.10 Å². The van der Waals surface area contributed by atoms with E-state index in [9.17, 15) is 4.79 Å². The van der Waals surface area contributed by atoms with Crippen molar-refractivity contribution in [1.82, 2.24) is 0 Å². The van der Waals surface area contributed by atoms with Crippen LogP contribution in [0.3, 0.4) is 0 Å². The van der Waals surface area contributed by atoms with Crippen LogP contribution in [0.25, 0.3) is 0 Å². The molecule has 17 heavy (non-hydrogen) atoms. The molecule has 0 atom stereocenters. The Morgan fingerprint density at radius 2 is 1.29 bits per heavy atom. The predicted molar refractivity (Wildman–Crippen MR) is 58.8 cm³/mol. The summed E-state index contributed by atoms with van der Waals surface area (Å²) in [4.78, 5) is 10.9. The highest BCUT2D eigenvalue weighted by atomic mass is 16.6. The number of hydrogen-bond donors (Lipinski definition) is 0. The van der Waals surface area contributed by atoms with E-state index < -0.39 is 0 Å². The van der Waals surface area contributed by atoms with Crippen LogP contribution >= 0.6 is 0 Å². The molecule has 0 amide bonds. The molecule has 1 saturated heterocycles. The molecule has 0 aromatic rings. The molecule has 1 fully saturated rings. The van der Waals surface area contributed by atoms with Gasteiger partial charge in [0.15, 0.2) is 0 Å². The van der Waals surface area contributed by atoms with Gasteiger partial charge in [0.25, 0.3) is 0 Å². The van der Waals surface area contributed by atoms with Gasteiger partial charge >= 0.3 is 5.97 Å². The molecule has 1 aliphatic heterocycles. The molecular formula is C11H20O6. The third kappa shape index (κ3) is 8.09. The Morgan fingerprint density at radius 3 is 1.71 bits per heavy atom. The number of hydrogen-bond acceptors (Lipinski definition) is 6. The SMILES string of the molecule is CC(=O)OC1COCCOCCOCCOC1. The normalized spacial score (nSPS) is 21.9. The zero-order chi connectivity index (χ0) is 12.3. The fourth-order valence-electron chi connectivity index (χ4n) is 1.34. The van der Waals surface area contributed by atoms with Crippen LogP contribution in [-0.4, -0.2) is 64.9 Å². The van der Waals surface area contributed by atoms with Crippen LogP contribution in [0.5, 0.6) is 0 Å². The molecule has 100 valence electrons. The van der Waals surface area contributed by atoms with Gasteiger partial charge in [0, 0.05) is 6.92 Å². The molecule has 1 rings (SSSR count). The summed E-state index contributed by atoms with van der Waals surface area (Å²) in [5.41, 5.74) is 0. The summed E-state index contributed by atoms with van der Waals surface area (Å²) in [7, 11) is 0. The Bertz CT molecular complexity index is 194. The first-order valence-electron chi connectivity index (χ1n) is 5.77. The maximum atomic E-state index is 10.9. The molecular weight excluding hydrogens is 228 g/mol. The minimum atomic E-state index is -0.367. The van der Waals surface area contributed by atoms with Crippen molar-refractivity contribution in [1.29, 1.82) is 0 Å². The van der Waals surface area contributed by atoms with E-state index >= 15 is 0 Å². The van der Waals surface area contributed by atoms with Crippen molar-refractivity contribution in [3.05, 3.63) is 0 Å². The van der Waals surface area contributed by atoms with Gasteiger partial charge in [-0.25, -0.2) is 0 Å². The lowest BCUT2D eigenvalue weighted by Gasteiger charge is -2.16. The number of carbonyl (C=O) groups is 1. The van der Waals surface area contributed by atoms with Crippen molar-refractivity contribution in [2.45, 2.75) is 13.0 Å². The fourth-order valence-corrected chi connectivity index (χ4v) is 1.34. The van der Waals surface area contributed by atoms with Crippen molar-refractivity contribution < 1.29 is 28.5 Å². The highest BCUT2D eigenvalue weighted by Crippen LogP contribution is 1.97. The van der Waals surface area contributed by atoms with Crippen molar-refractivity contribution in [3.63, 3.8) is 0 Å². The second kappa shape index (κ2) is 9.35. The Balaban J connectivity index is 2.28. The van der Waals surface area contributed by atoms with Crippen LogP contribution in [0.2, 0.25) is 0 Å². The second-order valence-electron chi connectivity index (χ2n) is 3.61. The molecule has 1 aliphatic rings. The lowest BCUT2D eigenvalue weighted by atomic mass is 10.4. The number of ether oxygens (including phenoxy) is 5. The smallest absolute Gasteiger partial charge is 0.303 e. The Hall–Kier alpha value is -0.690. The largest absolute Gasteiger partial charge is 0.458 e. The maximum Gasteiger partial charge on any atom is 0.303 e. The van der Waals surface area contributed by atoms with Gasteiger partial charge in [0.2, 0.25) is 0 Å². The van der Waals surface area contributed by atoms with Crippen molar-refractivity contribution in [2.75, 3.05) is 52.9 Å². The molecule has 0 N–H and O–H groups in total. The van der Waals surface area contributed by atoms with E-state index in [0.29, 0.717) is 52.9 Å². The second-order valence-corrected chi connectivity index (χ2v) is 3.61. The first kappa shape index (κ1) is 14.4. The van der Waals surface area contributed by atoms with Gasteiger partial charge in [-0.3, -0.25) is 4.79 Å². The first-order chi connectivity index (χ1) is 8.29. The minimum Gasteiger partial charge on any atom is -0.458 e. The highest BCUT2D eigenvalue weighted by molar-refractivity contribution is 5.66. The molecule has 0 aromatic carbocycles. The first-order valence-corrected chi connectivity index (χ1v) is 5.77. The number of carbonyl (C=O) groups excluding carboxylic acids is 1. The lowest BCUT2D eigenvalue weighted by Crippen LogP contribution is -2.28. The van der Waals surface area contributed by atoms with Gasteiger partial charge in [-0.2, -0.15) is 0 Å². The van der Waals surface area contributed by atoms with Crippen molar-refractivity contribution in [2.24, 2.45) is 0 Å². The topological polar surface area (TPSA) is 63.2 Å². The van der Waals surface area contributed by atoms with Crippen LogP contribution < -0.4 is 0 Å². The molecule has 0 unspecified atom stereocenters. The molecule has 0 aromatic heterocycles. The summed E-state index contributed by atoms with van der Waals surface area (Å²) in [5.74, 6) is -0.334. The van der Waals surface area contributed by atoms with Gasteiger partial charge in [-0.1, -0.05) is 0 Å². The lowest BCUT2D eigenvalue weighted by molar-refractivity contribution is -0.153. The summed E-state index contributed by atoms with van der Waals surface area (Å²) >= 11 is 0. The van der Waals surface area contributed by atoms with E-state index in [0.717, 1.165) is 0 Å². The Morgan fingerprint density at radius 1 is 0.882 bits per heavy atom. The summed E-state index contributed by atoms with van der Waals surface area (Å²) in [6, 6.07) is 0. The van der Waals surface area contributed by atoms with Crippen molar-refractivity contribution >= 4 is 5.97 Å². The third-order valence-corrected chi connectivity index (χ3v) is 2.06. The third-order valence-electron chi connectivity index (χ3n) is 2.06. The van der Waals surface area contributed by atoms with Gasteiger partial charge in [-0.05, 0) is 0 Å². The standard InChI is InChI=1S/C11H20O6/c1-10(12)17-11-8-15-6-4-13-2-3-14-5-7-16-9-11/h11H,2-9H2,1H3. The summed E-state index contributed by atoms with van der Waals surface area (Å²) in [5, 5.41) is 0. The van der Waals surface area contributed by atoms with Crippen molar-refractivity contribution in [3.8, 4) is 0 Å².